The lowest BCUT2D eigenvalue weighted by Crippen LogP contribution is -2.12. The Morgan fingerprint density at radius 2 is 1.76 bits per heavy atom. The van der Waals surface area contributed by atoms with Gasteiger partial charge in [-0.3, -0.25) is 4.79 Å². The Morgan fingerprint density at radius 1 is 1.06 bits per heavy atom. The summed E-state index contributed by atoms with van der Waals surface area (Å²) in [7, 11) is 0.584. The smallest absolute Gasteiger partial charge is 0.150 e. The molecule has 86 valence electrons. The number of carbonyl (C=O) groups excluding carboxylic acids is 1. The lowest BCUT2D eigenvalue weighted by Gasteiger charge is -2.07. The van der Waals surface area contributed by atoms with Gasteiger partial charge in [0.05, 0.1) is 0 Å². The van der Waals surface area contributed by atoms with E-state index in [-0.39, 0.29) is 0 Å². The summed E-state index contributed by atoms with van der Waals surface area (Å²) in [5.41, 5.74) is 7.61. The van der Waals surface area contributed by atoms with Gasteiger partial charge in [0.1, 0.15) is 6.29 Å². The minimum Gasteiger partial charge on any atom is -0.326 e. The molecular weight excluding hydrogens is 229 g/mol. The third-order valence-electron chi connectivity index (χ3n) is 2.56. The number of hydrogen-bond donors (Lipinski definition) is 1. The van der Waals surface area contributed by atoms with Crippen LogP contribution in [0.3, 0.4) is 0 Å². The first-order valence-electron chi connectivity index (χ1n) is 5.43. The Labute approximate surface area is 103 Å². The molecule has 2 aromatic carbocycles. The zero-order valence-electron chi connectivity index (χ0n) is 9.39. The van der Waals surface area contributed by atoms with Crippen LogP contribution in [0, 0.1) is 0 Å². The summed E-state index contributed by atoms with van der Waals surface area (Å²) >= 11 is 0. The van der Waals surface area contributed by atoms with E-state index in [4.69, 9.17) is 5.73 Å². The van der Waals surface area contributed by atoms with Crippen LogP contribution in [-0.2, 0) is 6.54 Å². The van der Waals surface area contributed by atoms with Crippen LogP contribution in [-0.4, -0.2) is 6.29 Å². The third-order valence-corrected chi connectivity index (χ3v) is 3.94. The van der Waals surface area contributed by atoms with Crippen LogP contribution in [0.1, 0.15) is 15.9 Å². The topological polar surface area (TPSA) is 43.1 Å². The summed E-state index contributed by atoms with van der Waals surface area (Å²) < 4.78 is 0. The number of carbonyl (C=O) groups is 1. The second-order valence-electron chi connectivity index (χ2n) is 3.73. The van der Waals surface area contributed by atoms with E-state index in [1.807, 2.05) is 36.4 Å². The van der Waals surface area contributed by atoms with Gasteiger partial charge in [-0.15, -0.1) is 0 Å². The van der Waals surface area contributed by atoms with Crippen LogP contribution < -0.4 is 16.3 Å². The van der Waals surface area contributed by atoms with Crippen LogP contribution in [0.25, 0.3) is 0 Å². The van der Waals surface area contributed by atoms with Gasteiger partial charge in [0, 0.05) is 12.1 Å². The summed E-state index contributed by atoms with van der Waals surface area (Å²) in [6, 6.07) is 15.9. The van der Waals surface area contributed by atoms with Gasteiger partial charge in [-0.05, 0) is 16.2 Å². The van der Waals surface area contributed by atoms with Crippen LogP contribution in [0.15, 0.2) is 48.5 Å². The van der Waals surface area contributed by atoms with Crippen LogP contribution in [0.4, 0.5) is 0 Å². The molecular formula is C14H14NOP. The maximum Gasteiger partial charge on any atom is 0.150 e. The molecule has 0 heterocycles. The molecule has 1 unspecified atom stereocenters. The number of benzene rings is 2. The van der Waals surface area contributed by atoms with Crippen molar-refractivity contribution < 1.29 is 4.79 Å². The van der Waals surface area contributed by atoms with Crippen molar-refractivity contribution in [3.8, 4) is 0 Å². The van der Waals surface area contributed by atoms with Gasteiger partial charge in [0.25, 0.3) is 0 Å². The number of hydrogen-bond acceptors (Lipinski definition) is 2. The van der Waals surface area contributed by atoms with Gasteiger partial charge in [0.15, 0.2) is 0 Å². The van der Waals surface area contributed by atoms with Crippen molar-refractivity contribution in [3.63, 3.8) is 0 Å². The molecule has 0 amide bonds. The Morgan fingerprint density at radius 3 is 2.41 bits per heavy atom. The monoisotopic (exact) mass is 243 g/mol. The van der Waals surface area contributed by atoms with E-state index < -0.39 is 0 Å². The molecule has 0 fully saturated rings. The average Bonchev–Trinajstić information content (AvgIpc) is 2.40. The van der Waals surface area contributed by atoms with E-state index in [2.05, 4.69) is 12.1 Å². The molecule has 0 bridgehead atoms. The zero-order valence-corrected chi connectivity index (χ0v) is 10.4. The van der Waals surface area contributed by atoms with Gasteiger partial charge < -0.3 is 5.73 Å². The molecule has 0 saturated heterocycles. The summed E-state index contributed by atoms with van der Waals surface area (Å²) in [6.45, 7) is 0.565. The van der Waals surface area contributed by atoms with Gasteiger partial charge >= 0.3 is 0 Å². The fourth-order valence-electron chi connectivity index (χ4n) is 1.62. The van der Waals surface area contributed by atoms with E-state index in [9.17, 15) is 4.79 Å². The molecule has 0 aliphatic rings. The highest BCUT2D eigenvalue weighted by molar-refractivity contribution is 7.55. The minimum absolute atomic E-state index is 0.565. The highest BCUT2D eigenvalue weighted by atomic mass is 31.1. The predicted molar refractivity (Wildman–Crippen MR) is 73.7 cm³/mol. The SMILES string of the molecule is NCc1ccccc1Pc1ccc(C=O)cc1. The van der Waals surface area contributed by atoms with Crippen molar-refractivity contribution in [3.05, 3.63) is 59.7 Å². The Bertz CT molecular complexity index is 508. The summed E-state index contributed by atoms with van der Waals surface area (Å²) in [5.74, 6) is 0. The fourth-order valence-corrected chi connectivity index (χ4v) is 2.79. The highest BCUT2D eigenvalue weighted by Gasteiger charge is 2.01. The van der Waals surface area contributed by atoms with Gasteiger partial charge in [-0.1, -0.05) is 57.1 Å². The largest absolute Gasteiger partial charge is 0.326 e. The highest BCUT2D eigenvalue weighted by Crippen LogP contribution is 2.13. The predicted octanol–water partition coefficient (Wildman–Crippen LogP) is 1.59. The van der Waals surface area contributed by atoms with Crippen LogP contribution in [0.2, 0.25) is 0 Å². The minimum atomic E-state index is 0.565. The molecule has 0 aliphatic carbocycles. The Kier molecular flexibility index (Phi) is 4.03. The van der Waals surface area contributed by atoms with Crippen molar-refractivity contribution in [2.45, 2.75) is 6.54 Å². The second kappa shape index (κ2) is 5.72. The van der Waals surface area contributed by atoms with Crippen molar-refractivity contribution in [1.82, 2.24) is 0 Å². The number of nitrogens with two attached hydrogens (primary N) is 1. The molecule has 2 nitrogen and oxygen atoms in total. The van der Waals surface area contributed by atoms with Crippen molar-refractivity contribution in [2.75, 3.05) is 0 Å². The van der Waals surface area contributed by atoms with E-state index in [1.165, 1.54) is 16.2 Å². The quantitative estimate of drug-likeness (QED) is 0.654. The van der Waals surface area contributed by atoms with Crippen LogP contribution in [0.5, 0.6) is 0 Å². The zero-order chi connectivity index (χ0) is 12.1. The van der Waals surface area contributed by atoms with Gasteiger partial charge in [-0.25, -0.2) is 0 Å². The van der Waals surface area contributed by atoms with E-state index in [0.29, 0.717) is 20.7 Å². The van der Waals surface area contributed by atoms with Crippen molar-refractivity contribution in [2.24, 2.45) is 5.73 Å². The normalized spacial score (nSPS) is 10.9. The third kappa shape index (κ3) is 3.00. The first-order valence-corrected chi connectivity index (χ1v) is 6.43. The average molecular weight is 243 g/mol. The van der Waals surface area contributed by atoms with E-state index in [0.717, 1.165) is 6.29 Å². The molecule has 0 spiro atoms. The lowest BCUT2D eigenvalue weighted by atomic mass is 10.2. The van der Waals surface area contributed by atoms with Gasteiger partial charge in [-0.2, -0.15) is 0 Å². The molecule has 2 rings (SSSR count). The number of aldehydes is 1. The second-order valence-corrected chi connectivity index (χ2v) is 5.09. The number of rotatable bonds is 4. The van der Waals surface area contributed by atoms with E-state index >= 15 is 0 Å². The van der Waals surface area contributed by atoms with Gasteiger partial charge in [0.2, 0.25) is 0 Å². The first kappa shape index (κ1) is 12.0. The maximum absolute atomic E-state index is 10.6. The molecule has 17 heavy (non-hydrogen) atoms. The van der Waals surface area contributed by atoms with Crippen molar-refractivity contribution in [1.29, 1.82) is 0 Å². The van der Waals surface area contributed by atoms with Crippen LogP contribution >= 0.6 is 8.58 Å². The molecule has 0 saturated carbocycles. The molecule has 2 aromatic rings. The molecule has 0 aromatic heterocycles. The molecule has 1 atom stereocenters. The summed E-state index contributed by atoms with van der Waals surface area (Å²) in [4.78, 5) is 10.6. The molecule has 0 aliphatic heterocycles. The lowest BCUT2D eigenvalue weighted by molar-refractivity contribution is 0.112. The van der Waals surface area contributed by atoms with Crippen molar-refractivity contribution >= 4 is 25.5 Å². The first-order chi connectivity index (χ1) is 8.33. The summed E-state index contributed by atoms with van der Waals surface area (Å²) in [5, 5.41) is 2.49. The van der Waals surface area contributed by atoms with E-state index in [1.54, 1.807) is 0 Å². The standard InChI is InChI=1S/C14H14NOP/c15-9-12-3-1-2-4-14(12)17-13-7-5-11(10-16)6-8-13/h1-8,10,17H,9,15H2. The summed E-state index contributed by atoms with van der Waals surface area (Å²) in [6.07, 6.45) is 0.862. The molecule has 2 N–H and O–H groups in total. The Hall–Kier alpha value is -1.50. The molecule has 0 radical (unpaired) electrons. The fraction of sp³-hybridized carbons (Fsp3) is 0.0714. The Balaban J connectivity index is 2.21. The molecule has 3 heteroatoms. The maximum atomic E-state index is 10.6.